The Morgan fingerprint density at radius 1 is 1.18 bits per heavy atom. The Kier molecular flexibility index (Phi) is 6.75. The summed E-state index contributed by atoms with van der Waals surface area (Å²) in [7, 11) is -3.06. The van der Waals surface area contributed by atoms with E-state index >= 15 is 0 Å². The molecule has 7 heteroatoms. The van der Waals surface area contributed by atoms with Crippen LogP contribution in [-0.2, 0) is 21.2 Å². The Labute approximate surface area is 171 Å². The monoisotopic (exact) mass is 421 g/mol. The average Bonchev–Trinajstić information content (AvgIpc) is 3.04. The van der Waals surface area contributed by atoms with Crippen molar-refractivity contribution in [3.63, 3.8) is 0 Å². The smallest absolute Gasteiger partial charge is 0.278 e. The number of amides is 1. The highest BCUT2D eigenvalue weighted by atomic mass is 35.5. The van der Waals surface area contributed by atoms with E-state index in [-0.39, 0.29) is 36.0 Å². The molecule has 2 N–H and O–H groups in total. The molecule has 2 atom stereocenters. The van der Waals surface area contributed by atoms with Gasteiger partial charge < -0.3 is 10.2 Å². The molecule has 0 bridgehead atoms. The van der Waals surface area contributed by atoms with Gasteiger partial charge in [0.1, 0.15) is 6.04 Å². The SMILES string of the molecule is C[C@@H]([NH2+]CC(=O)N(Cc1ccccc1)[C@@H]1CCS(=O)(=O)C1)c1ccc(Cl)cc1. The van der Waals surface area contributed by atoms with Crippen molar-refractivity contribution in [2.75, 3.05) is 18.1 Å². The Morgan fingerprint density at radius 2 is 1.86 bits per heavy atom. The highest BCUT2D eigenvalue weighted by Crippen LogP contribution is 2.20. The molecule has 2 aromatic rings. The number of halogens is 1. The Balaban J connectivity index is 1.68. The first kappa shape index (κ1) is 20.8. The molecule has 0 aromatic heterocycles. The summed E-state index contributed by atoms with van der Waals surface area (Å²) in [4.78, 5) is 14.8. The van der Waals surface area contributed by atoms with Crippen molar-refractivity contribution >= 4 is 27.3 Å². The second-order valence-electron chi connectivity index (χ2n) is 7.34. The predicted molar refractivity (Wildman–Crippen MR) is 111 cm³/mol. The fourth-order valence-corrected chi connectivity index (χ4v) is 5.38. The van der Waals surface area contributed by atoms with Gasteiger partial charge in [0.2, 0.25) is 0 Å². The Hall–Kier alpha value is -1.89. The molecule has 0 unspecified atom stereocenters. The van der Waals surface area contributed by atoms with Gasteiger partial charge in [-0.15, -0.1) is 0 Å². The lowest BCUT2D eigenvalue weighted by Crippen LogP contribution is -2.87. The highest BCUT2D eigenvalue weighted by Gasteiger charge is 2.35. The standard InChI is InChI=1S/C21H25ClN2O3S/c1-16(18-7-9-19(22)10-8-18)23-13-21(25)24(14-17-5-3-2-4-6-17)20-11-12-28(26,27)15-20/h2-10,16,20,23H,11-15H2,1H3/p+1/t16-,20-/m1/s1. The van der Waals surface area contributed by atoms with Gasteiger partial charge in [-0.2, -0.15) is 0 Å². The minimum Gasteiger partial charge on any atom is -0.333 e. The van der Waals surface area contributed by atoms with Crippen molar-refractivity contribution < 1.29 is 18.5 Å². The molecule has 1 saturated heterocycles. The van der Waals surface area contributed by atoms with Crippen LogP contribution in [0, 0.1) is 0 Å². The van der Waals surface area contributed by atoms with E-state index in [1.165, 1.54) is 0 Å². The fourth-order valence-electron chi connectivity index (χ4n) is 3.52. The zero-order valence-electron chi connectivity index (χ0n) is 15.9. The van der Waals surface area contributed by atoms with Crippen molar-refractivity contribution in [1.29, 1.82) is 0 Å². The van der Waals surface area contributed by atoms with E-state index in [0.717, 1.165) is 11.1 Å². The van der Waals surface area contributed by atoms with Crippen LogP contribution >= 0.6 is 11.6 Å². The summed E-state index contributed by atoms with van der Waals surface area (Å²) in [6.07, 6.45) is 0.508. The third-order valence-corrected chi connectivity index (χ3v) is 7.21. The van der Waals surface area contributed by atoms with Crippen molar-refractivity contribution in [2.24, 2.45) is 0 Å². The number of sulfone groups is 1. The van der Waals surface area contributed by atoms with Crippen LogP contribution in [0.2, 0.25) is 5.02 Å². The lowest BCUT2D eigenvalue weighted by Gasteiger charge is -2.28. The van der Waals surface area contributed by atoms with Crippen LogP contribution < -0.4 is 5.32 Å². The Morgan fingerprint density at radius 3 is 2.46 bits per heavy atom. The Bertz CT molecular complexity index is 901. The summed E-state index contributed by atoms with van der Waals surface area (Å²) in [6.45, 7) is 2.74. The van der Waals surface area contributed by atoms with Gasteiger partial charge in [0, 0.05) is 23.2 Å². The first-order valence-electron chi connectivity index (χ1n) is 9.47. The summed E-state index contributed by atoms with van der Waals surface area (Å²) in [6, 6.07) is 17.2. The molecule has 0 radical (unpaired) electrons. The molecule has 0 spiro atoms. The van der Waals surface area contributed by atoms with Crippen molar-refractivity contribution in [2.45, 2.75) is 32.0 Å². The van der Waals surface area contributed by atoms with Crippen LogP contribution in [0.5, 0.6) is 0 Å². The lowest BCUT2D eigenvalue weighted by molar-refractivity contribution is -0.683. The number of hydrogen-bond acceptors (Lipinski definition) is 3. The maximum absolute atomic E-state index is 13.0. The first-order valence-corrected chi connectivity index (χ1v) is 11.7. The molecule has 0 aliphatic carbocycles. The minimum atomic E-state index is -3.06. The number of carbonyl (C=O) groups is 1. The van der Waals surface area contributed by atoms with Crippen molar-refractivity contribution in [3.05, 3.63) is 70.7 Å². The molecule has 1 aliphatic heterocycles. The lowest BCUT2D eigenvalue weighted by atomic mass is 10.1. The van der Waals surface area contributed by atoms with Gasteiger partial charge in [0.05, 0.1) is 11.5 Å². The van der Waals surface area contributed by atoms with Crippen molar-refractivity contribution in [1.82, 2.24) is 4.90 Å². The number of nitrogens with two attached hydrogens (primary N) is 1. The van der Waals surface area contributed by atoms with Gasteiger partial charge in [0.15, 0.2) is 16.4 Å². The van der Waals surface area contributed by atoms with Gasteiger partial charge in [0.25, 0.3) is 5.91 Å². The summed E-state index contributed by atoms with van der Waals surface area (Å²) in [5.74, 6) is 0.172. The number of nitrogens with zero attached hydrogens (tertiary/aromatic N) is 1. The first-order chi connectivity index (χ1) is 13.3. The molecule has 1 aliphatic rings. The average molecular weight is 422 g/mol. The van der Waals surface area contributed by atoms with Crippen LogP contribution in [0.25, 0.3) is 0 Å². The zero-order valence-corrected chi connectivity index (χ0v) is 17.5. The van der Waals surface area contributed by atoms with Gasteiger partial charge >= 0.3 is 0 Å². The molecule has 28 heavy (non-hydrogen) atoms. The predicted octanol–water partition coefficient (Wildman–Crippen LogP) is 2.18. The molecule has 2 aromatic carbocycles. The molecule has 1 amide bonds. The second-order valence-corrected chi connectivity index (χ2v) is 10.0. The molecular weight excluding hydrogens is 396 g/mol. The zero-order chi connectivity index (χ0) is 20.1. The summed E-state index contributed by atoms with van der Waals surface area (Å²) < 4.78 is 23.9. The molecular formula is C21H26ClN2O3S+. The van der Waals surface area contributed by atoms with Crippen LogP contribution in [0.1, 0.15) is 30.5 Å². The number of hydrogen-bond donors (Lipinski definition) is 1. The maximum Gasteiger partial charge on any atom is 0.278 e. The number of rotatable bonds is 7. The molecule has 150 valence electrons. The summed E-state index contributed by atoms with van der Waals surface area (Å²) in [5.41, 5.74) is 2.10. The molecule has 0 saturated carbocycles. The normalized spacial score (nSPS) is 19.3. The largest absolute Gasteiger partial charge is 0.333 e. The molecule has 1 heterocycles. The highest BCUT2D eigenvalue weighted by molar-refractivity contribution is 7.91. The van der Waals surface area contributed by atoms with E-state index in [0.29, 0.717) is 18.0 Å². The van der Waals surface area contributed by atoms with E-state index in [4.69, 9.17) is 11.6 Å². The third kappa shape index (κ3) is 5.56. The van der Waals surface area contributed by atoms with E-state index in [1.54, 1.807) is 4.90 Å². The molecule has 3 rings (SSSR count). The van der Waals surface area contributed by atoms with Crippen LogP contribution in [-0.4, -0.2) is 43.3 Å². The van der Waals surface area contributed by atoms with Gasteiger partial charge in [-0.1, -0.05) is 54.1 Å². The van der Waals surface area contributed by atoms with E-state index < -0.39 is 9.84 Å². The number of quaternary nitrogens is 1. The summed E-state index contributed by atoms with van der Waals surface area (Å²) >= 11 is 5.94. The number of benzene rings is 2. The maximum atomic E-state index is 13.0. The third-order valence-electron chi connectivity index (χ3n) is 5.21. The topological polar surface area (TPSA) is 71.1 Å². The number of carbonyl (C=O) groups excluding carboxylic acids is 1. The van der Waals surface area contributed by atoms with Crippen molar-refractivity contribution in [3.8, 4) is 0 Å². The van der Waals surface area contributed by atoms with Gasteiger partial charge in [-0.25, -0.2) is 8.42 Å². The van der Waals surface area contributed by atoms with Crippen LogP contribution in [0.15, 0.2) is 54.6 Å². The van der Waals surface area contributed by atoms with Gasteiger partial charge in [-0.05, 0) is 31.0 Å². The van der Waals surface area contributed by atoms with Crippen LogP contribution in [0.4, 0.5) is 0 Å². The van der Waals surface area contributed by atoms with Crippen LogP contribution in [0.3, 0.4) is 0 Å². The van der Waals surface area contributed by atoms with E-state index in [9.17, 15) is 13.2 Å². The molecule has 5 nitrogen and oxygen atoms in total. The van der Waals surface area contributed by atoms with E-state index in [1.807, 2.05) is 66.8 Å². The van der Waals surface area contributed by atoms with Gasteiger partial charge in [-0.3, -0.25) is 4.79 Å². The minimum absolute atomic E-state index is 0.0354. The quantitative estimate of drug-likeness (QED) is 0.744. The summed E-state index contributed by atoms with van der Waals surface area (Å²) in [5, 5.41) is 2.66. The van der Waals surface area contributed by atoms with E-state index in [2.05, 4.69) is 0 Å². The second kappa shape index (κ2) is 9.07. The fraction of sp³-hybridized carbons (Fsp3) is 0.381. The molecule has 1 fully saturated rings.